The van der Waals surface area contributed by atoms with Gasteiger partial charge in [-0.25, -0.2) is 15.0 Å². The van der Waals surface area contributed by atoms with Crippen LogP contribution in [-0.4, -0.2) is 39.4 Å². The Morgan fingerprint density at radius 2 is 1.87 bits per heavy atom. The fraction of sp³-hybridized carbons (Fsp3) is 0.0952. The van der Waals surface area contributed by atoms with E-state index in [4.69, 9.17) is 15.7 Å². The molecule has 0 saturated carbocycles. The molecule has 0 aliphatic heterocycles. The van der Waals surface area contributed by atoms with Gasteiger partial charge in [-0.05, 0) is 48.9 Å². The van der Waals surface area contributed by atoms with Gasteiger partial charge in [-0.1, -0.05) is 12.1 Å². The molecule has 0 radical (unpaired) electrons. The summed E-state index contributed by atoms with van der Waals surface area (Å²) in [5, 5.41) is 17.4. The van der Waals surface area contributed by atoms with Gasteiger partial charge in [0.2, 0.25) is 0 Å². The molecule has 1 aromatic carbocycles. The summed E-state index contributed by atoms with van der Waals surface area (Å²) >= 11 is 0. The lowest BCUT2D eigenvalue weighted by atomic mass is 10.2. The number of benzene rings is 1. The molecule has 0 amide bonds. The number of aromatic nitrogens is 7. The summed E-state index contributed by atoms with van der Waals surface area (Å²) in [6, 6.07) is 15.1. The summed E-state index contributed by atoms with van der Waals surface area (Å²) < 4.78 is 3.75. The molecule has 4 heterocycles. The predicted molar refractivity (Wildman–Crippen MR) is 112 cm³/mol. The van der Waals surface area contributed by atoms with Crippen molar-refractivity contribution in [2.75, 3.05) is 5.73 Å². The van der Waals surface area contributed by atoms with Crippen LogP contribution in [0.5, 0.6) is 0 Å². The summed E-state index contributed by atoms with van der Waals surface area (Å²) in [5.41, 5.74) is 9.91. The predicted octanol–water partition coefficient (Wildman–Crippen LogP) is 2.45. The van der Waals surface area contributed by atoms with E-state index in [1.54, 1.807) is 12.5 Å². The third kappa shape index (κ3) is 2.88. The highest BCUT2D eigenvalue weighted by Crippen LogP contribution is 2.30. The molecule has 0 aliphatic carbocycles. The van der Waals surface area contributed by atoms with Crippen LogP contribution in [-0.2, 0) is 6.61 Å². The van der Waals surface area contributed by atoms with Gasteiger partial charge in [0.1, 0.15) is 29.3 Å². The zero-order chi connectivity index (χ0) is 20.7. The van der Waals surface area contributed by atoms with Gasteiger partial charge >= 0.3 is 0 Å². The van der Waals surface area contributed by atoms with Crippen LogP contribution in [0.4, 0.5) is 5.82 Å². The van der Waals surface area contributed by atoms with Gasteiger partial charge in [-0.15, -0.1) is 10.2 Å². The smallest absolute Gasteiger partial charge is 0.167 e. The van der Waals surface area contributed by atoms with Gasteiger partial charge < -0.3 is 10.8 Å². The number of imidazole rings is 1. The van der Waals surface area contributed by atoms with E-state index >= 15 is 0 Å². The molecule has 5 rings (SSSR count). The molecule has 0 aliphatic rings. The quantitative estimate of drug-likeness (QED) is 0.477. The highest BCUT2D eigenvalue weighted by molar-refractivity contribution is 5.83. The number of nitrogens with two attached hydrogens (primary N) is 1. The van der Waals surface area contributed by atoms with Crippen molar-refractivity contribution in [3.8, 4) is 22.9 Å². The van der Waals surface area contributed by atoms with Gasteiger partial charge in [0, 0.05) is 11.9 Å². The third-order valence-electron chi connectivity index (χ3n) is 4.91. The maximum atomic E-state index is 9.40. The van der Waals surface area contributed by atoms with E-state index in [1.807, 2.05) is 64.6 Å². The highest BCUT2D eigenvalue weighted by Gasteiger charge is 2.19. The second kappa shape index (κ2) is 7.05. The van der Waals surface area contributed by atoms with Gasteiger partial charge in [0.25, 0.3) is 0 Å². The molecule has 3 N–H and O–H groups in total. The summed E-state index contributed by atoms with van der Waals surface area (Å²) in [5.74, 6) is 2.44. The first-order chi connectivity index (χ1) is 14.7. The zero-order valence-corrected chi connectivity index (χ0v) is 16.1. The third-order valence-corrected chi connectivity index (χ3v) is 4.91. The molecule has 30 heavy (non-hydrogen) atoms. The van der Waals surface area contributed by atoms with Crippen molar-refractivity contribution in [1.82, 2.24) is 34.3 Å². The van der Waals surface area contributed by atoms with Crippen LogP contribution in [0, 0.1) is 6.92 Å². The molecule has 0 fully saturated rings. The number of hydrogen-bond acceptors (Lipinski definition) is 7. The largest absolute Gasteiger partial charge is 0.392 e. The molecule has 5 aromatic rings. The van der Waals surface area contributed by atoms with Crippen LogP contribution in [0.3, 0.4) is 0 Å². The Morgan fingerprint density at radius 1 is 1.03 bits per heavy atom. The van der Waals surface area contributed by atoms with E-state index in [2.05, 4.69) is 15.2 Å². The average molecular weight is 398 g/mol. The Balaban J connectivity index is 1.80. The van der Waals surface area contributed by atoms with E-state index < -0.39 is 0 Å². The highest BCUT2D eigenvalue weighted by atomic mass is 16.3. The van der Waals surface area contributed by atoms with Crippen LogP contribution < -0.4 is 5.73 Å². The van der Waals surface area contributed by atoms with Crippen LogP contribution in [0.25, 0.3) is 34.1 Å². The molecule has 0 atom stereocenters. The number of nitrogens with zero attached hydrogens (tertiary/aromatic N) is 7. The van der Waals surface area contributed by atoms with E-state index in [1.165, 1.54) is 0 Å². The molecule has 9 heteroatoms. The SMILES string of the molecule is Cc1nncn1-c1ccc2nc(-c3cccnc3N)n(-c3ccc(CO)cc3)c2n1. The number of hydrogen-bond donors (Lipinski definition) is 2. The van der Waals surface area contributed by atoms with Crippen LogP contribution in [0.15, 0.2) is 61.1 Å². The topological polar surface area (TPSA) is 121 Å². The molecule has 9 nitrogen and oxygen atoms in total. The molecule has 148 valence electrons. The van der Waals surface area contributed by atoms with Gasteiger partial charge in [-0.3, -0.25) is 9.13 Å². The first-order valence-electron chi connectivity index (χ1n) is 9.33. The monoisotopic (exact) mass is 398 g/mol. The lowest BCUT2D eigenvalue weighted by Crippen LogP contribution is -2.04. The Labute approximate surface area is 171 Å². The summed E-state index contributed by atoms with van der Waals surface area (Å²) in [7, 11) is 0. The number of rotatable bonds is 4. The van der Waals surface area contributed by atoms with Crippen LogP contribution in [0.1, 0.15) is 11.4 Å². The lowest BCUT2D eigenvalue weighted by molar-refractivity contribution is 0.282. The van der Waals surface area contributed by atoms with Crippen molar-refractivity contribution in [3.63, 3.8) is 0 Å². The van der Waals surface area contributed by atoms with E-state index in [-0.39, 0.29) is 6.61 Å². The number of aliphatic hydroxyl groups excluding tert-OH is 1. The Hall–Kier alpha value is -4.11. The molecular formula is C21H18N8O. The maximum absolute atomic E-state index is 9.40. The standard InChI is InChI=1S/C21H18N8O/c1-13-27-24-12-28(13)18-9-8-17-21(26-18)29(15-6-4-14(11-30)5-7-15)20(25-17)16-3-2-10-23-19(16)22/h2-10,12,30H,11H2,1H3,(H2,22,23). The second-order valence-corrected chi connectivity index (χ2v) is 6.79. The van der Waals surface area contributed by atoms with E-state index in [9.17, 15) is 5.11 Å². The van der Waals surface area contributed by atoms with E-state index in [0.29, 0.717) is 34.2 Å². The number of aryl methyl sites for hydroxylation is 1. The van der Waals surface area contributed by atoms with Gasteiger partial charge in [0.05, 0.1) is 12.2 Å². The van der Waals surface area contributed by atoms with Crippen LogP contribution in [0.2, 0.25) is 0 Å². The van der Waals surface area contributed by atoms with Crippen molar-refractivity contribution in [2.45, 2.75) is 13.5 Å². The first-order valence-corrected chi connectivity index (χ1v) is 9.33. The lowest BCUT2D eigenvalue weighted by Gasteiger charge is -2.11. The number of anilines is 1. The average Bonchev–Trinajstić information content (AvgIpc) is 3.37. The van der Waals surface area contributed by atoms with Gasteiger partial charge in [-0.2, -0.15) is 0 Å². The van der Waals surface area contributed by atoms with E-state index in [0.717, 1.165) is 17.1 Å². The minimum Gasteiger partial charge on any atom is -0.392 e. The fourth-order valence-electron chi connectivity index (χ4n) is 3.38. The van der Waals surface area contributed by atoms with Gasteiger partial charge in [0.15, 0.2) is 11.5 Å². The molecule has 0 spiro atoms. The van der Waals surface area contributed by atoms with Crippen molar-refractivity contribution in [3.05, 3.63) is 72.4 Å². The normalized spacial score (nSPS) is 11.3. The Kier molecular flexibility index (Phi) is 4.22. The molecule has 0 bridgehead atoms. The molecule has 4 aromatic heterocycles. The fourth-order valence-corrected chi connectivity index (χ4v) is 3.38. The summed E-state index contributed by atoms with van der Waals surface area (Å²) in [6.07, 6.45) is 3.27. The Morgan fingerprint density at radius 3 is 2.57 bits per heavy atom. The first kappa shape index (κ1) is 18.0. The Bertz CT molecular complexity index is 1350. The van der Waals surface area contributed by atoms with Crippen molar-refractivity contribution in [1.29, 1.82) is 0 Å². The second-order valence-electron chi connectivity index (χ2n) is 6.79. The number of fused-ring (bicyclic) bond motifs is 1. The molecule has 0 unspecified atom stereocenters. The number of aliphatic hydroxyl groups is 1. The zero-order valence-electron chi connectivity index (χ0n) is 16.1. The summed E-state index contributed by atoms with van der Waals surface area (Å²) in [4.78, 5) is 13.9. The van der Waals surface area contributed by atoms with Crippen molar-refractivity contribution >= 4 is 17.0 Å². The minimum atomic E-state index is -0.0251. The molecule has 0 saturated heterocycles. The maximum Gasteiger partial charge on any atom is 0.167 e. The minimum absolute atomic E-state index is 0.0251. The molecular weight excluding hydrogens is 380 g/mol. The summed E-state index contributed by atoms with van der Waals surface area (Å²) in [6.45, 7) is 1.84. The van der Waals surface area contributed by atoms with Crippen molar-refractivity contribution in [2.24, 2.45) is 0 Å². The van der Waals surface area contributed by atoms with Crippen molar-refractivity contribution < 1.29 is 5.11 Å². The number of nitrogen functional groups attached to an aromatic ring is 1. The number of pyridine rings is 2. The van der Waals surface area contributed by atoms with Crippen LogP contribution >= 0.6 is 0 Å².